The van der Waals surface area contributed by atoms with Crippen molar-refractivity contribution in [1.82, 2.24) is 9.78 Å². The molecule has 0 radical (unpaired) electrons. The number of halogens is 1. The first kappa shape index (κ1) is 12.6. The highest BCUT2D eigenvalue weighted by Gasteiger charge is 2.09. The molecular formula is C13H16IN3. The van der Waals surface area contributed by atoms with E-state index in [1.54, 1.807) is 0 Å². The molecular weight excluding hydrogens is 325 g/mol. The number of hydrogen-bond donors (Lipinski definition) is 1. The highest BCUT2D eigenvalue weighted by molar-refractivity contribution is 14.1. The molecule has 0 saturated carbocycles. The van der Waals surface area contributed by atoms with E-state index >= 15 is 0 Å². The fraction of sp³-hybridized carbons (Fsp3) is 0.308. The first-order chi connectivity index (χ1) is 8.13. The van der Waals surface area contributed by atoms with Gasteiger partial charge >= 0.3 is 0 Å². The van der Waals surface area contributed by atoms with Crippen molar-refractivity contribution in [3.8, 4) is 5.69 Å². The van der Waals surface area contributed by atoms with Crippen LogP contribution in [0.25, 0.3) is 5.69 Å². The van der Waals surface area contributed by atoms with Crippen LogP contribution in [0.2, 0.25) is 0 Å². The summed E-state index contributed by atoms with van der Waals surface area (Å²) >= 11 is 2.34. The molecule has 0 aliphatic carbocycles. The third kappa shape index (κ3) is 2.52. The zero-order valence-electron chi connectivity index (χ0n) is 10.1. The molecule has 0 fully saturated rings. The Morgan fingerprint density at radius 2 is 1.88 bits per heavy atom. The molecule has 0 spiro atoms. The quantitative estimate of drug-likeness (QED) is 0.873. The predicted octanol–water partition coefficient (Wildman–Crippen LogP) is 2.59. The molecule has 2 rings (SSSR count). The van der Waals surface area contributed by atoms with Gasteiger partial charge in [-0.2, -0.15) is 5.10 Å². The summed E-state index contributed by atoms with van der Waals surface area (Å²) in [6.07, 6.45) is 0.926. The fourth-order valence-electron chi connectivity index (χ4n) is 1.85. The number of benzene rings is 1. The van der Waals surface area contributed by atoms with Gasteiger partial charge in [-0.3, -0.25) is 0 Å². The number of hydrogen-bond acceptors (Lipinski definition) is 2. The SMILES string of the molecule is Cc1nn(-c2ccc(CCN)cc2)c(C)c1I. The summed E-state index contributed by atoms with van der Waals surface area (Å²) in [4.78, 5) is 0. The summed E-state index contributed by atoms with van der Waals surface area (Å²) < 4.78 is 3.22. The molecule has 3 nitrogen and oxygen atoms in total. The Morgan fingerprint density at radius 1 is 1.24 bits per heavy atom. The summed E-state index contributed by atoms with van der Waals surface area (Å²) in [7, 11) is 0. The minimum atomic E-state index is 0.692. The lowest BCUT2D eigenvalue weighted by atomic mass is 10.1. The molecule has 1 aromatic heterocycles. The Labute approximate surface area is 115 Å². The molecule has 0 saturated heterocycles. The maximum atomic E-state index is 5.54. The van der Waals surface area contributed by atoms with Crippen LogP contribution < -0.4 is 5.73 Å². The molecule has 0 bridgehead atoms. The van der Waals surface area contributed by atoms with Crippen molar-refractivity contribution in [3.05, 3.63) is 44.8 Å². The van der Waals surface area contributed by atoms with Gasteiger partial charge in [0, 0.05) is 0 Å². The van der Waals surface area contributed by atoms with Crippen molar-refractivity contribution >= 4 is 22.6 Å². The third-order valence-corrected chi connectivity index (χ3v) is 4.38. The maximum Gasteiger partial charge on any atom is 0.0734 e. The first-order valence-electron chi connectivity index (χ1n) is 5.64. The molecule has 0 unspecified atom stereocenters. The number of aromatic nitrogens is 2. The molecule has 0 aliphatic rings. The van der Waals surface area contributed by atoms with Crippen LogP contribution in [0.1, 0.15) is 17.0 Å². The van der Waals surface area contributed by atoms with Crippen LogP contribution in [-0.2, 0) is 6.42 Å². The summed E-state index contributed by atoms with van der Waals surface area (Å²) in [6.45, 7) is 4.82. The normalized spacial score (nSPS) is 10.8. The summed E-state index contributed by atoms with van der Waals surface area (Å²) in [6, 6.07) is 8.43. The lowest BCUT2D eigenvalue weighted by Gasteiger charge is -2.05. The van der Waals surface area contributed by atoms with Gasteiger partial charge in [0.1, 0.15) is 0 Å². The third-order valence-electron chi connectivity index (χ3n) is 2.82. The molecule has 2 N–H and O–H groups in total. The van der Waals surface area contributed by atoms with Crippen LogP contribution in [0.4, 0.5) is 0 Å². The second kappa shape index (κ2) is 5.18. The number of rotatable bonds is 3. The van der Waals surface area contributed by atoms with Gasteiger partial charge < -0.3 is 5.73 Å². The van der Waals surface area contributed by atoms with Crippen LogP contribution in [0.3, 0.4) is 0 Å². The van der Waals surface area contributed by atoms with Gasteiger partial charge in [0.05, 0.1) is 20.6 Å². The van der Waals surface area contributed by atoms with Crippen molar-refractivity contribution in [3.63, 3.8) is 0 Å². The zero-order valence-corrected chi connectivity index (χ0v) is 12.2. The maximum absolute atomic E-state index is 5.54. The van der Waals surface area contributed by atoms with Crippen molar-refractivity contribution in [2.24, 2.45) is 5.73 Å². The average molecular weight is 341 g/mol. The molecule has 1 aromatic carbocycles. The van der Waals surface area contributed by atoms with E-state index in [0.29, 0.717) is 6.54 Å². The van der Waals surface area contributed by atoms with Gasteiger partial charge in [-0.25, -0.2) is 4.68 Å². The van der Waals surface area contributed by atoms with Crippen LogP contribution in [-0.4, -0.2) is 16.3 Å². The van der Waals surface area contributed by atoms with E-state index in [9.17, 15) is 0 Å². The molecule has 1 heterocycles. The fourth-order valence-corrected chi connectivity index (χ4v) is 2.18. The first-order valence-corrected chi connectivity index (χ1v) is 6.72. The van der Waals surface area contributed by atoms with Crippen LogP contribution in [0, 0.1) is 17.4 Å². The monoisotopic (exact) mass is 341 g/mol. The molecule has 2 aromatic rings. The predicted molar refractivity (Wildman–Crippen MR) is 78.5 cm³/mol. The van der Waals surface area contributed by atoms with Crippen molar-refractivity contribution < 1.29 is 0 Å². The lowest BCUT2D eigenvalue weighted by Crippen LogP contribution is -2.03. The smallest absolute Gasteiger partial charge is 0.0734 e. The second-order valence-corrected chi connectivity index (χ2v) is 5.18. The Hall–Kier alpha value is -0.880. The Bertz CT molecular complexity index is 514. The minimum absolute atomic E-state index is 0.692. The van der Waals surface area contributed by atoms with Crippen LogP contribution in [0.15, 0.2) is 24.3 Å². The van der Waals surface area contributed by atoms with E-state index in [-0.39, 0.29) is 0 Å². The van der Waals surface area contributed by atoms with E-state index in [4.69, 9.17) is 5.73 Å². The van der Waals surface area contributed by atoms with Crippen molar-refractivity contribution in [2.45, 2.75) is 20.3 Å². The zero-order chi connectivity index (χ0) is 12.4. The van der Waals surface area contributed by atoms with Crippen LogP contribution in [0.5, 0.6) is 0 Å². The summed E-state index contributed by atoms with van der Waals surface area (Å²) in [5, 5.41) is 4.54. The molecule has 0 amide bonds. The molecule has 17 heavy (non-hydrogen) atoms. The van der Waals surface area contributed by atoms with E-state index < -0.39 is 0 Å². The molecule has 0 atom stereocenters. The van der Waals surface area contributed by atoms with Gasteiger partial charge in [-0.15, -0.1) is 0 Å². The van der Waals surface area contributed by atoms with Crippen molar-refractivity contribution in [2.75, 3.05) is 6.54 Å². The minimum Gasteiger partial charge on any atom is -0.330 e. The van der Waals surface area contributed by atoms with E-state index in [2.05, 4.69) is 58.9 Å². The van der Waals surface area contributed by atoms with Crippen molar-refractivity contribution in [1.29, 1.82) is 0 Å². The second-order valence-electron chi connectivity index (χ2n) is 4.10. The van der Waals surface area contributed by atoms with Gasteiger partial charge in [-0.1, -0.05) is 12.1 Å². The van der Waals surface area contributed by atoms with Gasteiger partial charge in [0.25, 0.3) is 0 Å². The topological polar surface area (TPSA) is 43.8 Å². The summed E-state index contributed by atoms with van der Waals surface area (Å²) in [5.41, 5.74) is 10.2. The Kier molecular flexibility index (Phi) is 3.83. The average Bonchev–Trinajstić information content (AvgIpc) is 2.59. The van der Waals surface area contributed by atoms with Gasteiger partial charge in [-0.05, 0) is 67.1 Å². The molecule has 4 heteroatoms. The Balaban J connectivity index is 2.36. The number of nitrogens with zero attached hydrogens (tertiary/aromatic N) is 2. The van der Waals surface area contributed by atoms with Gasteiger partial charge in [0.15, 0.2) is 0 Å². The van der Waals surface area contributed by atoms with E-state index in [1.165, 1.54) is 14.8 Å². The highest BCUT2D eigenvalue weighted by atomic mass is 127. The van der Waals surface area contributed by atoms with E-state index in [0.717, 1.165) is 17.8 Å². The highest BCUT2D eigenvalue weighted by Crippen LogP contribution is 2.19. The largest absolute Gasteiger partial charge is 0.330 e. The lowest BCUT2D eigenvalue weighted by molar-refractivity contribution is 0.832. The van der Waals surface area contributed by atoms with Gasteiger partial charge in [0.2, 0.25) is 0 Å². The Morgan fingerprint density at radius 3 is 2.35 bits per heavy atom. The number of aryl methyl sites for hydroxylation is 1. The molecule has 90 valence electrons. The van der Waals surface area contributed by atoms with E-state index in [1.807, 2.05) is 11.6 Å². The molecule has 0 aliphatic heterocycles. The summed E-state index contributed by atoms with van der Waals surface area (Å²) in [5.74, 6) is 0. The number of nitrogens with two attached hydrogens (primary N) is 1. The standard InChI is InChI=1S/C13H16IN3/c1-9-13(14)10(2)17(16-9)12-5-3-11(4-6-12)7-8-15/h3-6H,7-8,15H2,1-2H3. The van der Waals surface area contributed by atoms with Crippen LogP contribution >= 0.6 is 22.6 Å².